The highest BCUT2D eigenvalue weighted by Crippen LogP contribution is 2.35. The SMILES string of the molecule is Cc1cc(C)cc(-c2cccc(-c3cc(C)cc(-c4ccccc4)c3)c2C)c1. The highest BCUT2D eigenvalue weighted by atomic mass is 14.1. The molecule has 0 fully saturated rings. The first kappa shape index (κ1) is 18.3. The fourth-order valence-electron chi connectivity index (χ4n) is 4.13. The molecule has 0 unspecified atom stereocenters. The summed E-state index contributed by atoms with van der Waals surface area (Å²) in [4.78, 5) is 0. The molecule has 0 amide bonds. The third-order valence-corrected chi connectivity index (χ3v) is 5.36. The predicted octanol–water partition coefficient (Wildman–Crippen LogP) is 7.92. The van der Waals surface area contributed by atoms with Gasteiger partial charge in [0.15, 0.2) is 0 Å². The van der Waals surface area contributed by atoms with E-state index in [-0.39, 0.29) is 0 Å². The van der Waals surface area contributed by atoms with E-state index in [1.165, 1.54) is 55.6 Å². The zero-order valence-corrected chi connectivity index (χ0v) is 17.1. The zero-order valence-electron chi connectivity index (χ0n) is 17.1. The molecule has 4 rings (SSSR count). The van der Waals surface area contributed by atoms with Gasteiger partial charge < -0.3 is 0 Å². The minimum absolute atomic E-state index is 1.26. The first-order chi connectivity index (χ1) is 13.5. The standard InChI is InChI=1S/C28H26/c1-19-13-20(2)16-25(15-19)27-11-8-12-28(22(27)4)26-17-21(3)14-24(18-26)23-9-6-5-7-10-23/h5-18H,1-4H3. The van der Waals surface area contributed by atoms with Crippen LogP contribution in [0.3, 0.4) is 0 Å². The zero-order chi connectivity index (χ0) is 19.7. The highest BCUT2D eigenvalue weighted by molar-refractivity contribution is 5.81. The van der Waals surface area contributed by atoms with E-state index in [0.717, 1.165) is 0 Å². The molecule has 138 valence electrons. The third kappa shape index (κ3) is 3.64. The van der Waals surface area contributed by atoms with Gasteiger partial charge in [0.25, 0.3) is 0 Å². The van der Waals surface area contributed by atoms with E-state index in [4.69, 9.17) is 0 Å². The van der Waals surface area contributed by atoms with Gasteiger partial charge in [-0.25, -0.2) is 0 Å². The monoisotopic (exact) mass is 362 g/mol. The molecular weight excluding hydrogens is 336 g/mol. The van der Waals surface area contributed by atoms with Crippen molar-refractivity contribution in [2.45, 2.75) is 27.7 Å². The van der Waals surface area contributed by atoms with E-state index >= 15 is 0 Å². The lowest BCUT2D eigenvalue weighted by Gasteiger charge is -2.15. The molecular formula is C28H26. The molecule has 0 heteroatoms. The summed E-state index contributed by atoms with van der Waals surface area (Å²) in [6.07, 6.45) is 0. The number of aryl methyl sites for hydroxylation is 3. The quantitative estimate of drug-likeness (QED) is 0.347. The average molecular weight is 363 g/mol. The van der Waals surface area contributed by atoms with Crippen molar-refractivity contribution in [2.75, 3.05) is 0 Å². The molecule has 4 aromatic rings. The lowest BCUT2D eigenvalue weighted by atomic mass is 9.89. The molecule has 0 aliphatic rings. The Morgan fingerprint density at radius 1 is 0.393 bits per heavy atom. The Morgan fingerprint density at radius 2 is 0.893 bits per heavy atom. The Bertz CT molecular complexity index is 1110. The van der Waals surface area contributed by atoms with Crippen LogP contribution in [-0.4, -0.2) is 0 Å². The van der Waals surface area contributed by atoms with Crippen molar-refractivity contribution in [1.82, 2.24) is 0 Å². The van der Waals surface area contributed by atoms with Crippen molar-refractivity contribution in [2.24, 2.45) is 0 Å². The fourth-order valence-corrected chi connectivity index (χ4v) is 4.13. The molecule has 4 aromatic carbocycles. The molecule has 0 N–H and O–H groups in total. The number of rotatable bonds is 3. The molecule has 0 atom stereocenters. The smallest absolute Gasteiger partial charge is 0.0148 e. The average Bonchev–Trinajstić information content (AvgIpc) is 2.67. The lowest BCUT2D eigenvalue weighted by Crippen LogP contribution is -1.91. The Hall–Kier alpha value is -3.12. The van der Waals surface area contributed by atoms with Gasteiger partial charge in [0, 0.05) is 0 Å². The molecule has 0 saturated carbocycles. The Balaban J connectivity index is 1.86. The van der Waals surface area contributed by atoms with Gasteiger partial charge in [-0.2, -0.15) is 0 Å². The van der Waals surface area contributed by atoms with Crippen LogP contribution in [0, 0.1) is 27.7 Å². The van der Waals surface area contributed by atoms with Crippen LogP contribution in [0.4, 0.5) is 0 Å². The van der Waals surface area contributed by atoms with Crippen molar-refractivity contribution in [3.8, 4) is 33.4 Å². The molecule has 0 bridgehead atoms. The Labute approximate surface area is 168 Å². The summed E-state index contributed by atoms with van der Waals surface area (Å²) in [7, 11) is 0. The summed E-state index contributed by atoms with van der Waals surface area (Å²) in [6.45, 7) is 8.76. The van der Waals surface area contributed by atoms with Crippen molar-refractivity contribution in [1.29, 1.82) is 0 Å². The van der Waals surface area contributed by atoms with Gasteiger partial charge in [-0.15, -0.1) is 0 Å². The third-order valence-electron chi connectivity index (χ3n) is 5.36. The van der Waals surface area contributed by atoms with Crippen molar-refractivity contribution >= 4 is 0 Å². The van der Waals surface area contributed by atoms with Crippen molar-refractivity contribution in [3.05, 3.63) is 107 Å². The summed E-state index contributed by atoms with van der Waals surface area (Å²) >= 11 is 0. The first-order valence-corrected chi connectivity index (χ1v) is 9.87. The van der Waals surface area contributed by atoms with E-state index in [9.17, 15) is 0 Å². The molecule has 0 aromatic heterocycles. The van der Waals surface area contributed by atoms with Crippen LogP contribution in [0.2, 0.25) is 0 Å². The van der Waals surface area contributed by atoms with E-state index in [1.54, 1.807) is 0 Å². The maximum atomic E-state index is 2.32. The molecule has 0 radical (unpaired) electrons. The lowest BCUT2D eigenvalue weighted by molar-refractivity contribution is 1.37. The highest BCUT2D eigenvalue weighted by Gasteiger charge is 2.10. The maximum Gasteiger partial charge on any atom is -0.0148 e. The van der Waals surface area contributed by atoms with Crippen molar-refractivity contribution < 1.29 is 0 Å². The van der Waals surface area contributed by atoms with Gasteiger partial charge in [0.1, 0.15) is 0 Å². The summed E-state index contributed by atoms with van der Waals surface area (Å²) in [5, 5.41) is 0. The van der Waals surface area contributed by atoms with Crippen LogP contribution in [0.25, 0.3) is 33.4 Å². The van der Waals surface area contributed by atoms with E-state index < -0.39 is 0 Å². The molecule has 28 heavy (non-hydrogen) atoms. The van der Waals surface area contributed by atoms with Crippen LogP contribution in [-0.2, 0) is 0 Å². The molecule has 0 aliphatic carbocycles. The van der Waals surface area contributed by atoms with Gasteiger partial charge in [0.2, 0.25) is 0 Å². The molecule has 0 nitrogen and oxygen atoms in total. The number of hydrogen-bond acceptors (Lipinski definition) is 0. The van der Waals surface area contributed by atoms with Crippen LogP contribution in [0.1, 0.15) is 22.3 Å². The topological polar surface area (TPSA) is 0 Å². The Kier molecular flexibility index (Phi) is 4.88. The van der Waals surface area contributed by atoms with E-state index in [2.05, 4.69) is 113 Å². The molecule has 0 heterocycles. The summed E-state index contributed by atoms with van der Waals surface area (Å²) in [5.74, 6) is 0. The summed E-state index contributed by atoms with van der Waals surface area (Å²) in [5.41, 5.74) is 13.0. The van der Waals surface area contributed by atoms with E-state index in [1.807, 2.05) is 0 Å². The van der Waals surface area contributed by atoms with Crippen molar-refractivity contribution in [3.63, 3.8) is 0 Å². The molecule has 0 aliphatic heterocycles. The largest absolute Gasteiger partial charge is 0.0622 e. The number of benzene rings is 4. The second-order valence-electron chi connectivity index (χ2n) is 7.81. The predicted molar refractivity (Wildman–Crippen MR) is 122 cm³/mol. The van der Waals surface area contributed by atoms with Gasteiger partial charge in [-0.05, 0) is 78.3 Å². The second kappa shape index (κ2) is 7.48. The minimum atomic E-state index is 1.26. The normalized spacial score (nSPS) is 10.9. The van der Waals surface area contributed by atoms with Gasteiger partial charge in [0.05, 0.1) is 0 Å². The minimum Gasteiger partial charge on any atom is -0.0622 e. The van der Waals surface area contributed by atoms with E-state index in [0.29, 0.717) is 0 Å². The van der Waals surface area contributed by atoms with Gasteiger partial charge >= 0.3 is 0 Å². The van der Waals surface area contributed by atoms with Gasteiger partial charge in [-0.1, -0.05) is 90.0 Å². The molecule has 0 spiro atoms. The molecule has 0 saturated heterocycles. The summed E-state index contributed by atoms with van der Waals surface area (Å²) in [6, 6.07) is 31.0. The van der Waals surface area contributed by atoms with Gasteiger partial charge in [-0.3, -0.25) is 0 Å². The fraction of sp³-hybridized carbons (Fsp3) is 0.143. The maximum absolute atomic E-state index is 2.32. The second-order valence-corrected chi connectivity index (χ2v) is 7.81. The first-order valence-electron chi connectivity index (χ1n) is 9.87. The Morgan fingerprint density at radius 3 is 1.50 bits per heavy atom. The van der Waals surface area contributed by atoms with Crippen LogP contribution < -0.4 is 0 Å². The summed E-state index contributed by atoms with van der Waals surface area (Å²) < 4.78 is 0. The van der Waals surface area contributed by atoms with Crippen LogP contribution in [0.5, 0.6) is 0 Å². The number of hydrogen-bond donors (Lipinski definition) is 0. The van der Waals surface area contributed by atoms with Crippen LogP contribution in [0.15, 0.2) is 84.9 Å². The van der Waals surface area contributed by atoms with Crippen LogP contribution >= 0.6 is 0 Å².